The van der Waals surface area contributed by atoms with Crippen LogP contribution in [0.25, 0.3) is 0 Å². The van der Waals surface area contributed by atoms with Gasteiger partial charge in [-0.25, -0.2) is 0 Å². The average molecular weight is 256 g/mol. The van der Waals surface area contributed by atoms with Crippen molar-refractivity contribution in [3.63, 3.8) is 0 Å². The molecule has 2 rings (SSSR count). The smallest absolute Gasteiger partial charge is 0.257 e. The summed E-state index contributed by atoms with van der Waals surface area (Å²) in [5.41, 5.74) is 0.121. The number of rotatable bonds is 1. The first-order chi connectivity index (χ1) is 8.08. The first-order valence-electron chi connectivity index (χ1n) is 5.53. The number of phenolic OH excluding ortho intramolecular Hbond substituents is 2. The van der Waals surface area contributed by atoms with Crippen LogP contribution in [0.3, 0.4) is 0 Å². The van der Waals surface area contributed by atoms with Gasteiger partial charge < -0.3 is 15.1 Å². The van der Waals surface area contributed by atoms with Crippen molar-refractivity contribution in [3.8, 4) is 11.5 Å². The largest absolute Gasteiger partial charge is 0.508 e. The molecular weight excluding hydrogens is 242 g/mol. The van der Waals surface area contributed by atoms with Crippen LogP contribution in [0.4, 0.5) is 0 Å². The number of carbonyl (C=O) groups excluding carboxylic acids is 1. The summed E-state index contributed by atoms with van der Waals surface area (Å²) in [5, 5.41) is 18.9. The predicted octanol–water partition coefficient (Wildman–Crippen LogP) is 1.94. The van der Waals surface area contributed by atoms with Crippen molar-refractivity contribution in [2.45, 2.75) is 18.2 Å². The zero-order chi connectivity index (χ0) is 12.4. The molecule has 1 aliphatic heterocycles. The van der Waals surface area contributed by atoms with E-state index in [9.17, 15) is 15.0 Å². The molecule has 92 valence electrons. The molecule has 2 N–H and O–H groups in total. The second kappa shape index (κ2) is 4.84. The van der Waals surface area contributed by atoms with Crippen LogP contribution in [0.5, 0.6) is 11.5 Å². The van der Waals surface area contributed by atoms with E-state index in [4.69, 9.17) is 11.6 Å². The van der Waals surface area contributed by atoms with Crippen LogP contribution in [-0.4, -0.2) is 39.5 Å². The van der Waals surface area contributed by atoms with E-state index in [2.05, 4.69) is 0 Å². The maximum Gasteiger partial charge on any atom is 0.257 e. The van der Waals surface area contributed by atoms with Gasteiger partial charge in [0.05, 0.1) is 10.9 Å². The van der Waals surface area contributed by atoms with Crippen molar-refractivity contribution < 1.29 is 15.0 Å². The van der Waals surface area contributed by atoms with Gasteiger partial charge in [0.1, 0.15) is 11.5 Å². The molecule has 0 aromatic heterocycles. The summed E-state index contributed by atoms with van der Waals surface area (Å²) in [5.74, 6) is -0.446. The molecule has 0 aliphatic carbocycles. The Labute approximate surface area is 104 Å². The highest BCUT2D eigenvalue weighted by Crippen LogP contribution is 2.25. The minimum atomic E-state index is -0.288. The molecule has 1 aliphatic rings. The van der Waals surface area contributed by atoms with E-state index in [-0.39, 0.29) is 28.3 Å². The highest BCUT2D eigenvalue weighted by Gasteiger charge is 2.24. The summed E-state index contributed by atoms with van der Waals surface area (Å²) in [7, 11) is 0. The molecule has 1 aromatic carbocycles. The molecular formula is C12H14ClNO3. The Morgan fingerprint density at radius 3 is 2.88 bits per heavy atom. The van der Waals surface area contributed by atoms with Crippen LogP contribution in [0.15, 0.2) is 18.2 Å². The van der Waals surface area contributed by atoms with E-state index in [1.165, 1.54) is 18.2 Å². The van der Waals surface area contributed by atoms with Gasteiger partial charge in [0.15, 0.2) is 0 Å². The number of aromatic hydroxyl groups is 2. The van der Waals surface area contributed by atoms with Crippen LogP contribution in [0.2, 0.25) is 0 Å². The molecule has 0 radical (unpaired) electrons. The molecule has 4 nitrogen and oxygen atoms in total. The minimum Gasteiger partial charge on any atom is -0.508 e. The number of halogens is 1. The molecule has 0 spiro atoms. The summed E-state index contributed by atoms with van der Waals surface area (Å²) in [4.78, 5) is 13.7. The second-order valence-corrected chi connectivity index (χ2v) is 4.81. The number of alkyl halides is 1. The number of likely N-dealkylation sites (tertiary alicyclic amines) is 1. The fraction of sp³-hybridized carbons (Fsp3) is 0.417. The molecule has 1 amide bonds. The Bertz CT molecular complexity index is 436. The van der Waals surface area contributed by atoms with E-state index < -0.39 is 0 Å². The lowest BCUT2D eigenvalue weighted by Gasteiger charge is -2.30. The van der Waals surface area contributed by atoms with Crippen molar-refractivity contribution in [2.24, 2.45) is 0 Å². The predicted molar refractivity (Wildman–Crippen MR) is 64.6 cm³/mol. The van der Waals surface area contributed by atoms with Crippen molar-refractivity contribution in [2.75, 3.05) is 13.1 Å². The Balaban J connectivity index is 2.21. The second-order valence-electron chi connectivity index (χ2n) is 4.19. The molecule has 17 heavy (non-hydrogen) atoms. The van der Waals surface area contributed by atoms with Crippen LogP contribution in [0, 0.1) is 0 Å². The molecule has 1 heterocycles. The SMILES string of the molecule is O=C(c1cc(O)ccc1O)N1CCCC(Cl)C1. The average Bonchev–Trinajstić information content (AvgIpc) is 2.31. The number of hydrogen-bond acceptors (Lipinski definition) is 3. The lowest BCUT2D eigenvalue weighted by atomic mass is 10.1. The van der Waals surface area contributed by atoms with E-state index in [1.54, 1.807) is 4.90 Å². The van der Waals surface area contributed by atoms with E-state index in [0.29, 0.717) is 13.1 Å². The topological polar surface area (TPSA) is 60.8 Å². The molecule has 0 saturated carbocycles. The summed E-state index contributed by atoms with van der Waals surface area (Å²) >= 11 is 6.01. The highest BCUT2D eigenvalue weighted by atomic mass is 35.5. The maximum atomic E-state index is 12.1. The number of piperidine rings is 1. The van der Waals surface area contributed by atoms with Gasteiger partial charge in [0, 0.05) is 13.1 Å². The van der Waals surface area contributed by atoms with Crippen LogP contribution < -0.4 is 0 Å². The van der Waals surface area contributed by atoms with Gasteiger partial charge in [-0.3, -0.25) is 4.79 Å². The number of benzene rings is 1. The van der Waals surface area contributed by atoms with Crippen LogP contribution in [-0.2, 0) is 0 Å². The number of nitrogens with zero attached hydrogens (tertiary/aromatic N) is 1. The number of phenols is 2. The van der Waals surface area contributed by atoms with Gasteiger partial charge in [0.25, 0.3) is 5.91 Å². The standard InChI is InChI=1S/C12H14ClNO3/c13-8-2-1-5-14(7-8)12(17)10-6-9(15)3-4-11(10)16/h3-4,6,8,15-16H,1-2,5,7H2. The third-order valence-electron chi connectivity index (χ3n) is 2.86. The molecule has 5 heteroatoms. The van der Waals surface area contributed by atoms with Gasteiger partial charge in [-0.1, -0.05) is 0 Å². The number of hydrogen-bond donors (Lipinski definition) is 2. The highest BCUT2D eigenvalue weighted by molar-refractivity contribution is 6.21. The van der Waals surface area contributed by atoms with Crippen molar-refractivity contribution in [3.05, 3.63) is 23.8 Å². The lowest BCUT2D eigenvalue weighted by molar-refractivity contribution is 0.0723. The van der Waals surface area contributed by atoms with Crippen LogP contribution in [0.1, 0.15) is 23.2 Å². The first kappa shape index (κ1) is 12.0. The molecule has 1 fully saturated rings. The van der Waals surface area contributed by atoms with Crippen molar-refractivity contribution in [1.82, 2.24) is 4.90 Å². The fourth-order valence-corrected chi connectivity index (χ4v) is 2.30. The van der Waals surface area contributed by atoms with E-state index in [0.717, 1.165) is 12.8 Å². The Hall–Kier alpha value is -1.42. The van der Waals surface area contributed by atoms with Gasteiger partial charge in [-0.15, -0.1) is 11.6 Å². The molecule has 1 aromatic rings. The van der Waals surface area contributed by atoms with Crippen molar-refractivity contribution >= 4 is 17.5 Å². The number of amides is 1. The van der Waals surface area contributed by atoms with E-state index >= 15 is 0 Å². The molecule has 0 bridgehead atoms. The minimum absolute atomic E-state index is 0.0350. The zero-order valence-electron chi connectivity index (χ0n) is 9.27. The quantitative estimate of drug-likeness (QED) is 0.596. The van der Waals surface area contributed by atoms with Gasteiger partial charge >= 0.3 is 0 Å². The maximum absolute atomic E-state index is 12.1. The normalized spacial score (nSPS) is 20.3. The summed E-state index contributed by atoms with van der Waals surface area (Å²) < 4.78 is 0. The molecule has 1 unspecified atom stereocenters. The van der Waals surface area contributed by atoms with Gasteiger partial charge in [-0.05, 0) is 31.0 Å². The third kappa shape index (κ3) is 2.64. The van der Waals surface area contributed by atoms with E-state index in [1.807, 2.05) is 0 Å². The molecule has 1 atom stereocenters. The monoisotopic (exact) mass is 255 g/mol. The molecule has 1 saturated heterocycles. The van der Waals surface area contributed by atoms with Gasteiger partial charge in [0.2, 0.25) is 0 Å². The van der Waals surface area contributed by atoms with Gasteiger partial charge in [-0.2, -0.15) is 0 Å². The number of carbonyl (C=O) groups is 1. The Morgan fingerprint density at radius 1 is 1.41 bits per heavy atom. The van der Waals surface area contributed by atoms with Crippen LogP contribution >= 0.6 is 11.6 Å². The third-order valence-corrected chi connectivity index (χ3v) is 3.22. The summed E-state index contributed by atoms with van der Waals surface area (Å²) in [6.07, 6.45) is 1.76. The summed E-state index contributed by atoms with van der Waals surface area (Å²) in [6.45, 7) is 1.12. The lowest BCUT2D eigenvalue weighted by Crippen LogP contribution is -2.40. The first-order valence-corrected chi connectivity index (χ1v) is 5.97. The fourth-order valence-electron chi connectivity index (χ4n) is 1.98. The van der Waals surface area contributed by atoms with Crippen molar-refractivity contribution in [1.29, 1.82) is 0 Å². The Kier molecular flexibility index (Phi) is 3.43. The Morgan fingerprint density at radius 2 is 2.18 bits per heavy atom. The summed E-state index contributed by atoms with van der Waals surface area (Å²) in [6, 6.07) is 3.92. The zero-order valence-corrected chi connectivity index (χ0v) is 10.0.